The average Bonchev–Trinajstić information content (AvgIpc) is 2.19. The molecule has 0 aromatic carbocycles. The van der Waals surface area contributed by atoms with Gasteiger partial charge in [0.1, 0.15) is 6.42 Å². The quantitative estimate of drug-likeness (QED) is 0.652. The van der Waals surface area contributed by atoms with Gasteiger partial charge in [0.25, 0.3) is 0 Å². The predicted octanol–water partition coefficient (Wildman–Crippen LogP) is -0.653. The standard InChI is InChI=1S/C9H15N3O2/c1-11-6-8-7-12(4-5-14-8)9(13)2-3-10/h8,11H,2,4-7H2,1H3/t8-/m1/s1. The Morgan fingerprint density at radius 1 is 1.79 bits per heavy atom. The first-order valence-corrected chi connectivity index (χ1v) is 4.69. The highest BCUT2D eigenvalue weighted by atomic mass is 16.5. The molecule has 1 fully saturated rings. The van der Waals surface area contributed by atoms with Crippen molar-refractivity contribution in [2.45, 2.75) is 12.5 Å². The molecule has 1 atom stereocenters. The number of nitrogens with zero attached hydrogens (tertiary/aromatic N) is 2. The molecule has 0 aromatic heterocycles. The van der Waals surface area contributed by atoms with Gasteiger partial charge in [-0.2, -0.15) is 5.26 Å². The van der Waals surface area contributed by atoms with Gasteiger partial charge in [-0.1, -0.05) is 0 Å². The van der Waals surface area contributed by atoms with E-state index in [1.54, 1.807) is 4.90 Å². The summed E-state index contributed by atoms with van der Waals surface area (Å²) in [5.74, 6) is -0.100. The zero-order chi connectivity index (χ0) is 10.4. The second-order valence-corrected chi connectivity index (χ2v) is 3.23. The molecule has 1 rings (SSSR count). The largest absolute Gasteiger partial charge is 0.373 e. The number of ether oxygens (including phenoxy) is 1. The minimum Gasteiger partial charge on any atom is -0.373 e. The van der Waals surface area contributed by atoms with Crippen molar-refractivity contribution < 1.29 is 9.53 Å². The van der Waals surface area contributed by atoms with Gasteiger partial charge in [0, 0.05) is 19.6 Å². The number of likely N-dealkylation sites (N-methyl/N-ethyl adjacent to an activating group) is 1. The third kappa shape index (κ3) is 2.98. The number of rotatable bonds is 3. The molecule has 5 nitrogen and oxygen atoms in total. The molecule has 0 spiro atoms. The molecule has 0 radical (unpaired) electrons. The average molecular weight is 197 g/mol. The van der Waals surface area contributed by atoms with Crippen LogP contribution in [-0.4, -0.2) is 50.2 Å². The number of hydrogen-bond donors (Lipinski definition) is 1. The van der Waals surface area contributed by atoms with Crippen LogP contribution in [-0.2, 0) is 9.53 Å². The van der Waals surface area contributed by atoms with Gasteiger partial charge in [-0.15, -0.1) is 0 Å². The van der Waals surface area contributed by atoms with Crippen molar-refractivity contribution >= 4 is 5.91 Å². The van der Waals surface area contributed by atoms with Crippen molar-refractivity contribution in [1.82, 2.24) is 10.2 Å². The zero-order valence-electron chi connectivity index (χ0n) is 8.32. The number of carbonyl (C=O) groups is 1. The summed E-state index contributed by atoms with van der Waals surface area (Å²) in [6.45, 7) is 2.47. The monoisotopic (exact) mass is 197 g/mol. The van der Waals surface area contributed by atoms with Crippen LogP contribution in [0.15, 0.2) is 0 Å². The summed E-state index contributed by atoms with van der Waals surface area (Å²) in [7, 11) is 1.85. The number of morpholine rings is 1. The van der Waals surface area contributed by atoms with Crippen LogP contribution in [0, 0.1) is 11.3 Å². The van der Waals surface area contributed by atoms with Crippen molar-refractivity contribution in [3.8, 4) is 6.07 Å². The Kier molecular flexibility index (Phi) is 4.36. The van der Waals surface area contributed by atoms with Crippen molar-refractivity contribution in [3.63, 3.8) is 0 Å². The normalized spacial score (nSPS) is 21.7. The fourth-order valence-corrected chi connectivity index (χ4v) is 1.48. The predicted molar refractivity (Wildman–Crippen MR) is 50.5 cm³/mol. The molecule has 1 aliphatic rings. The molecule has 1 heterocycles. The number of nitriles is 1. The molecular formula is C9H15N3O2. The zero-order valence-corrected chi connectivity index (χ0v) is 8.32. The van der Waals surface area contributed by atoms with Crippen molar-refractivity contribution in [3.05, 3.63) is 0 Å². The smallest absolute Gasteiger partial charge is 0.236 e. The maximum absolute atomic E-state index is 11.4. The van der Waals surface area contributed by atoms with Gasteiger partial charge in [0.15, 0.2) is 0 Å². The van der Waals surface area contributed by atoms with Crippen LogP contribution in [0.4, 0.5) is 0 Å². The number of hydrogen-bond acceptors (Lipinski definition) is 4. The lowest BCUT2D eigenvalue weighted by Gasteiger charge is -2.32. The highest BCUT2D eigenvalue weighted by molar-refractivity contribution is 5.78. The van der Waals surface area contributed by atoms with Crippen molar-refractivity contribution in [2.75, 3.05) is 33.3 Å². The lowest BCUT2D eigenvalue weighted by molar-refractivity contribution is -0.137. The summed E-state index contributed by atoms with van der Waals surface area (Å²) in [6.07, 6.45) is 0.0168. The van der Waals surface area contributed by atoms with E-state index in [4.69, 9.17) is 10.00 Å². The summed E-state index contributed by atoms with van der Waals surface area (Å²) in [4.78, 5) is 13.1. The highest BCUT2D eigenvalue weighted by Gasteiger charge is 2.23. The van der Waals surface area contributed by atoms with Gasteiger partial charge >= 0.3 is 0 Å². The first-order valence-electron chi connectivity index (χ1n) is 4.69. The van der Waals surface area contributed by atoms with Crippen molar-refractivity contribution in [2.24, 2.45) is 0 Å². The van der Waals surface area contributed by atoms with Gasteiger partial charge in [0.2, 0.25) is 5.91 Å². The Labute approximate surface area is 83.6 Å². The molecule has 0 bridgehead atoms. The summed E-state index contributed by atoms with van der Waals surface area (Å²) < 4.78 is 5.44. The maximum Gasteiger partial charge on any atom is 0.236 e. The van der Waals surface area contributed by atoms with Gasteiger partial charge in [0.05, 0.1) is 18.8 Å². The van der Waals surface area contributed by atoms with Gasteiger partial charge < -0.3 is 15.0 Å². The molecule has 1 amide bonds. The maximum atomic E-state index is 11.4. The summed E-state index contributed by atoms with van der Waals surface area (Å²) in [6, 6.07) is 1.86. The van der Waals surface area contributed by atoms with Gasteiger partial charge in [-0.05, 0) is 7.05 Å². The van der Waals surface area contributed by atoms with E-state index >= 15 is 0 Å². The molecule has 78 valence electrons. The molecule has 1 saturated heterocycles. The van der Waals surface area contributed by atoms with E-state index in [0.717, 1.165) is 6.54 Å². The minimum atomic E-state index is -0.100. The van der Waals surface area contributed by atoms with E-state index in [1.807, 2.05) is 13.1 Å². The van der Waals surface area contributed by atoms with Crippen LogP contribution < -0.4 is 5.32 Å². The molecule has 5 heteroatoms. The van der Waals surface area contributed by atoms with Crippen LogP contribution >= 0.6 is 0 Å². The molecule has 0 aliphatic carbocycles. The van der Waals surface area contributed by atoms with Crippen LogP contribution in [0.5, 0.6) is 0 Å². The van der Waals surface area contributed by atoms with E-state index in [-0.39, 0.29) is 18.4 Å². The third-order valence-electron chi connectivity index (χ3n) is 2.15. The fraction of sp³-hybridized carbons (Fsp3) is 0.778. The Morgan fingerprint density at radius 3 is 3.21 bits per heavy atom. The molecule has 1 N–H and O–H groups in total. The molecular weight excluding hydrogens is 182 g/mol. The van der Waals surface area contributed by atoms with E-state index in [1.165, 1.54) is 0 Å². The van der Waals surface area contributed by atoms with E-state index in [0.29, 0.717) is 19.7 Å². The molecule has 0 unspecified atom stereocenters. The first kappa shape index (κ1) is 11.0. The molecule has 14 heavy (non-hydrogen) atoms. The molecule has 0 aromatic rings. The number of carbonyl (C=O) groups excluding carboxylic acids is 1. The van der Waals surface area contributed by atoms with E-state index < -0.39 is 0 Å². The van der Waals surface area contributed by atoms with Gasteiger partial charge in [-0.25, -0.2) is 0 Å². The second-order valence-electron chi connectivity index (χ2n) is 3.23. The third-order valence-corrected chi connectivity index (χ3v) is 2.15. The van der Waals surface area contributed by atoms with Crippen LogP contribution in [0.25, 0.3) is 0 Å². The fourth-order valence-electron chi connectivity index (χ4n) is 1.48. The Morgan fingerprint density at radius 2 is 2.57 bits per heavy atom. The summed E-state index contributed by atoms with van der Waals surface area (Å²) >= 11 is 0. The Bertz CT molecular complexity index is 235. The van der Waals surface area contributed by atoms with Gasteiger partial charge in [-0.3, -0.25) is 4.79 Å². The van der Waals surface area contributed by atoms with Crippen LogP contribution in [0.3, 0.4) is 0 Å². The lowest BCUT2D eigenvalue weighted by atomic mass is 10.2. The SMILES string of the molecule is CNC[C@@H]1CN(C(=O)CC#N)CCO1. The minimum absolute atomic E-state index is 0.0354. The summed E-state index contributed by atoms with van der Waals surface area (Å²) in [5, 5.41) is 11.4. The topological polar surface area (TPSA) is 65.4 Å². The Hall–Kier alpha value is -1.12. The molecule has 1 aliphatic heterocycles. The highest BCUT2D eigenvalue weighted by Crippen LogP contribution is 2.05. The van der Waals surface area contributed by atoms with E-state index in [9.17, 15) is 4.79 Å². The number of amides is 1. The first-order chi connectivity index (χ1) is 6.77. The number of nitrogens with one attached hydrogen (secondary N) is 1. The Balaban J connectivity index is 2.40. The second kappa shape index (κ2) is 5.58. The van der Waals surface area contributed by atoms with E-state index in [2.05, 4.69) is 5.32 Å². The summed E-state index contributed by atoms with van der Waals surface area (Å²) in [5.41, 5.74) is 0. The molecule has 0 saturated carbocycles. The van der Waals surface area contributed by atoms with Crippen LogP contribution in [0.2, 0.25) is 0 Å². The lowest BCUT2D eigenvalue weighted by Crippen LogP contribution is -2.48. The van der Waals surface area contributed by atoms with Crippen molar-refractivity contribution in [1.29, 1.82) is 5.26 Å². The van der Waals surface area contributed by atoms with Crippen LogP contribution in [0.1, 0.15) is 6.42 Å².